The molecule has 0 unspecified atom stereocenters. The lowest BCUT2D eigenvalue weighted by Crippen LogP contribution is -2.10. The minimum Gasteiger partial charge on any atom is -0.403 e. The Kier molecular flexibility index (Phi) is 4.67. The Morgan fingerprint density at radius 1 is 0.643 bits per heavy atom. The van der Waals surface area contributed by atoms with Gasteiger partial charge < -0.3 is 9.47 Å². The van der Waals surface area contributed by atoms with E-state index in [1.165, 1.54) is 12.4 Å². The Balaban J connectivity index is 1.39. The molecule has 0 aliphatic heterocycles. The van der Waals surface area contributed by atoms with Crippen molar-refractivity contribution in [2.45, 2.75) is 0 Å². The van der Waals surface area contributed by atoms with E-state index in [1.54, 1.807) is 36.4 Å². The number of rotatable bonds is 4. The largest absolute Gasteiger partial charge is 0.403 e. The number of carbonyl (C=O) groups excluding carboxylic acids is 2. The van der Waals surface area contributed by atoms with Crippen LogP contribution in [0.5, 0.6) is 11.8 Å². The average molecular weight is 372 g/mol. The van der Waals surface area contributed by atoms with Crippen LogP contribution in [0.15, 0.2) is 73.1 Å². The predicted molar refractivity (Wildman–Crippen MR) is 99.5 cm³/mol. The Labute approximate surface area is 158 Å². The summed E-state index contributed by atoms with van der Waals surface area (Å²) >= 11 is 0. The third-order valence-electron chi connectivity index (χ3n) is 3.62. The van der Waals surface area contributed by atoms with E-state index in [2.05, 4.69) is 19.9 Å². The third-order valence-corrected chi connectivity index (χ3v) is 3.62. The third kappa shape index (κ3) is 3.96. The summed E-state index contributed by atoms with van der Waals surface area (Å²) in [5.41, 5.74) is 2.54. The number of carbonyl (C=O) groups is 2. The lowest BCUT2D eigenvalue weighted by Gasteiger charge is -2.02. The summed E-state index contributed by atoms with van der Waals surface area (Å²) in [7, 11) is 0. The first-order valence-electron chi connectivity index (χ1n) is 8.23. The van der Waals surface area contributed by atoms with Crippen molar-refractivity contribution in [2.75, 3.05) is 0 Å². The molecule has 0 fully saturated rings. The Morgan fingerprint density at radius 2 is 1.04 bits per heavy atom. The van der Waals surface area contributed by atoms with Gasteiger partial charge in [-0.2, -0.15) is 0 Å². The number of esters is 2. The van der Waals surface area contributed by atoms with Gasteiger partial charge in [0.15, 0.2) is 0 Å². The van der Waals surface area contributed by atoms with Crippen molar-refractivity contribution in [1.82, 2.24) is 19.9 Å². The average Bonchev–Trinajstić information content (AvgIpc) is 2.72. The van der Waals surface area contributed by atoms with Crippen molar-refractivity contribution in [1.29, 1.82) is 0 Å². The smallest absolute Gasteiger partial charge is 0.337 e. The zero-order valence-electron chi connectivity index (χ0n) is 14.4. The van der Waals surface area contributed by atoms with Crippen LogP contribution in [0.2, 0.25) is 0 Å². The first-order valence-corrected chi connectivity index (χ1v) is 8.23. The molecule has 0 saturated heterocycles. The van der Waals surface area contributed by atoms with Crippen molar-refractivity contribution in [2.24, 2.45) is 0 Å². The second-order valence-corrected chi connectivity index (χ2v) is 5.57. The van der Waals surface area contributed by atoms with Gasteiger partial charge in [-0.25, -0.2) is 29.5 Å². The van der Waals surface area contributed by atoms with Gasteiger partial charge in [-0.15, -0.1) is 0 Å². The van der Waals surface area contributed by atoms with Crippen LogP contribution >= 0.6 is 0 Å². The van der Waals surface area contributed by atoms with Gasteiger partial charge in [0.2, 0.25) is 11.8 Å². The highest BCUT2D eigenvalue weighted by Gasteiger charge is 2.08. The molecular formula is C20H12N4O4. The summed E-state index contributed by atoms with van der Waals surface area (Å²) in [6.45, 7) is 0. The topological polar surface area (TPSA) is 104 Å². The summed E-state index contributed by atoms with van der Waals surface area (Å²) in [6, 6.07) is 14.3. The van der Waals surface area contributed by atoms with Gasteiger partial charge in [0.05, 0.1) is 34.5 Å². The number of ether oxygens (including phenoxy) is 2. The maximum absolute atomic E-state index is 11.9. The van der Waals surface area contributed by atoms with E-state index in [0.29, 0.717) is 22.1 Å². The fraction of sp³-hybridized carbons (Fsp3) is 0. The number of hydrogen-bond acceptors (Lipinski definition) is 8. The summed E-state index contributed by atoms with van der Waals surface area (Å²) in [4.78, 5) is 40.3. The SMILES string of the molecule is O=C(/C=C\C(=O)Oc1cnc2ccccc2n1)Oc1cnc2ccccc2n1. The quantitative estimate of drug-likeness (QED) is 0.398. The number of fused-ring (bicyclic) bond motifs is 2. The molecule has 4 rings (SSSR count). The van der Waals surface area contributed by atoms with Crippen LogP contribution in [0.25, 0.3) is 22.1 Å². The molecule has 8 heteroatoms. The second kappa shape index (κ2) is 7.58. The summed E-state index contributed by atoms with van der Waals surface area (Å²) < 4.78 is 10.1. The molecule has 0 aliphatic rings. The highest BCUT2D eigenvalue weighted by molar-refractivity contribution is 5.93. The molecule has 28 heavy (non-hydrogen) atoms. The normalized spacial score (nSPS) is 11.0. The van der Waals surface area contributed by atoms with E-state index in [1.807, 2.05) is 12.1 Å². The standard InChI is InChI=1S/C20H12N4O4/c25-19(27-17-11-21-13-5-1-3-7-15(13)23-17)9-10-20(26)28-18-12-22-14-6-2-4-8-16(14)24-18/h1-12H/b10-9-. The van der Waals surface area contributed by atoms with Crippen molar-refractivity contribution >= 4 is 34.0 Å². The molecule has 0 radical (unpaired) electrons. The van der Waals surface area contributed by atoms with Gasteiger partial charge in [-0.1, -0.05) is 24.3 Å². The molecule has 2 aromatic carbocycles. The minimum absolute atomic E-state index is 0.0297. The van der Waals surface area contributed by atoms with Crippen LogP contribution < -0.4 is 9.47 Å². The Morgan fingerprint density at radius 3 is 1.46 bits per heavy atom. The van der Waals surface area contributed by atoms with E-state index < -0.39 is 11.9 Å². The molecule has 2 aromatic heterocycles. The summed E-state index contributed by atoms with van der Waals surface area (Å²) in [5.74, 6) is -1.51. The maximum Gasteiger partial charge on any atom is 0.337 e. The maximum atomic E-state index is 11.9. The van der Waals surface area contributed by atoms with Crippen molar-refractivity contribution in [3.8, 4) is 11.8 Å². The molecule has 8 nitrogen and oxygen atoms in total. The van der Waals surface area contributed by atoms with Gasteiger partial charge in [0.25, 0.3) is 0 Å². The lowest BCUT2D eigenvalue weighted by atomic mass is 10.3. The second-order valence-electron chi connectivity index (χ2n) is 5.57. The zero-order valence-corrected chi connectivity index (χ0v) is 14.4. The summed E-state index contributed by atoms with van der Waals surface area (Å²) in [6.07, 6.45) is 4.54. The highest BCUT2D eigenvalue weighted by atomic mass is 16.5. The van der Waals surface area contributed by atoms with E-state index in [0.717, 1.165) is 12.2 Å². The fourth-order valence-corrected chi connectivity index (χ4v) is 2.39. The number of hydrogen-bond donors (Lipinski definition) is 0. The van der Waals surface area contributed by atoms with E-state index in [4.69, 9.17) is 9.47 Å². The van der Waals surface area contributed by atoms with Gasteiger partial charge >= 0.3 is 11.9 Å². The number of para-hydroxylation sites is 4. The minimum atomic E-state index is -0.786. The number of nitrogens with zero attached hydrogens (tertiary/aromatic N) is 4. The van der Waals surface area contributed by atoms with Gasteiger partial charge in [0, 0.05) is 12.2 Å². The van der Waals surface area contributed by atoms with Crippen molar-refractivity contribution < 1.29 is 19.1 Å². The number of aromatic nitrogens is 4. The van der Waals surface area contributed by atoms with Crippen LogP contribution in [0.4, 0.5) is 0 Å². The molecule has 0 spiro atoms. The molecule has 0 saturated carbocycles. The van der Waals surface area contributed by atoms with Crippen LogP contribution in [0, 0.1) is 0 Å². The number of benzene rings is 2. The molecule has 0 amide bonds. The van der Waals surface area contributed by atoms with Crippen LogP contribution in [-0.2, 0) is 9.59 Å². The molecule has 0 bridgehead atoms. The Hall–Kier alpha value is -4.20. The predicted octanol–water partition coefficient (Wildman–Crippen LogP) is 2.64. The molecule has 0 aliphatic carbocycles. The first-order chi connectivity index (χ1) is 13.7. The first kappa shape index (κ1) is 17.2. The lowest BCUT2D eigenvalue weighted by molar-refractivity contribution is -0.131. The van der Waals surface area contributed by atoms with E-state index in [9.17, 15) is 9.59 Å². The zero-order chi connectivity index (χ0) is 19.3. The molecule has 2 heterocycles. The van der Waals surface area contributed by atoms with Crippen molar-refractivity contribution in [3.63, 3.8) is 0 Å². The summed E-state index contributed by atoms with van der Waals surface area (Å²) in [5, 5.41) is 0. The van der Waals surface area contributed by atoms with Crippen molar-refractivity contribution in [3.05, 3.63) is 73.1 Å². The van der Waals surface area contributed by atoms with Crippen LogP contribution in [0.1, 0.15) is 0 Å². The Bertz CT molecular complexity index is 1130. The van der Waals surface area contributed by atoms with Gasteiger partial charge in [0.1, 0.15) is 0 Å². The molecule has 0 N–H and O–H groups in total. The molecule has 4 aromatic rings. The van der Waals surface area contributed by atoms with Crippen LogP contribution in [0.3, 0.4) is 0 Å². The molecular weight excluding hydrogens is 360 g/mol. The highest BCUT2D eigenvalue weighted by Crippen LogP contribution is 2.14. The monoisotopic (exact) mass is 372 g/mol. The van der Waals surface area contributed by atoms with E-state index in [-0.39, 0.29) is 11.8 Å². The molecule has 136 valence electrons. The van der Waals surface area contributed by atoms with Gasteiger partial charge in [-0.05, 0) is 24.3 Å². The fourth-order valence-electron chi connectivity index (χ4n) is 2.39. The van der Waals surface area contributed by atoms with E-state index >= 15 is 0 Å². The molecule has 0 atom stereocenters. The van der Waals surface area contributed by atoms with Crippen LogP contribution in [-0.4, -0.2) is 31.9 Å². The van der Waals surface area contributed by atoms with Gasteiger partial charge in [-0.3, -0.25) is 0 Å².